The van der Waals surface area contributed by atoms with E-state index in [1.54, 1.807) is 0 Å². The Kier molecular flexibility index (Phi) is 2.98. The fourth-order valence-corrected chi connectivity index (χ4v) is 3.09. The van der Waals surface area contributed by atoms with E-state index in [9.17, 15) is 4.79 Å². The van der Waals surface area contributed by atoms with Gasteiger partial charge in [-0.25, -0.2) is 4.79 Å². The Labute approximate surface area is 89.4 Å². The van der Waals surface area contributed by atoms with E-state index in [-0.39, 0.29) is 6.10 Å². The van der Waals surface area contributed by atoms with Gasteiger partial charge in [0.1, 0.15) is 6.10 Å². The molecule has 3 nitrogen and oxygen atoms in total. The highest BCUT2D eigenvalue weighted by atomic mass is 35.5. The Morgan fingerprint density at radius 1 is 1.43 bits per heavy atom. The Bertz CT molecular complexity index is 220. The van der Waals surface area contributed by atoms with Crippen LogP contribution in [0.5, 0.6) is 0 Å². The van der Waals surface area contributed by atoms with Gasteiger partial charge in [0.15, 0.2) is 0 Å². The van der Waals surface area contributed by atoms with Crippen LogP contribution in [0.4, 0.5) is 4.79 Å². The lowest BCUT2D eigenvalue weighted by Gasteiger charge is -2.37. The summed E-state index contributed by atoms with van der Waals surface area (Å²) in [5.41, 5.74) is -0.653. The number of fused-ring (bicyclic) bond motifs is 2. The highest BCUT2D eigenvalue weighted by Gasteiger charge is 2.40. The predicted molar refractivity (Wildman–Crippen MR) is 54.5 cm³/mol. The first-order valence-corrected chi connectivity index (χ1v) is 5.70. The largest absolute Gasteiger partial charge is 0.450 e. The fourth-order valence-electron chi connectivity index (χ4n) is 2.97. The first kappa shape index (κ1) is 10.2. The highest BCUT2D eigenvalue weighted by molar-refractivity contribution is 6.61. The van der Waals surface area contributed by atoms with Crippen molar-refractivity contribution < 1.29 is 9.53 Å². The first-order chi connectivity index (χ1) is 6.70. The molecule has 0 aliphatic carbocycles. The molecule has 80 valence electrons. The van der Waals surface area contributed by atoms with Crippen molar-refractivity contribution in [3.8, 4) is 0 Å². The second kappa shape index (κ2) is 4.07. The monoisotopic (exact) mass is 217 g/mol. The summed E-state index contributed by atoms with van der Waals surface area (Å²) in [5, 5.41) is 0. The van der Waals surface area contributed by atoms with Gasteiger partial charge in [-0.3, -0.25) is 4.90 Å². The number of halogens is 1. The van der Waals surface area contributed by atoms with Crippen molar-refractivity contribution >= 4 is 17.0 Å². The molecule has 2 bridgehead atoms. The van der Waals surface area contributed by atoms with Crippen molar-refractivity contribution in [1.29, 1.82) is 0 Å². The van der Waals surface area contributed by atoms with Gasteiger partial charge in [0.25, 0.3) is 0 Å². The Morgan fingerprint density at radius 2 is 2.00 bits per heavy atom. The topological polar surface area (TPSA) is 29.5 Å². The summed E-state index contributed by atoms with van der Waals surface area (Å²) in [4.78, 5) is 13.2. The second-order valence-corrected chi connectivity index (χ2v) is 4.47. The number of carbonyl (C=O) groups is 1. The lowest BCUT2D eigenvalue weighted by molar-refractivity contribution is 0.0305. The minimum atomic E-state index is -0.653. The van der Waals surface area contributed by atoms with E-state index < -0.39 is 5.43 Å². The van der Waals surface area contributed by atoms with Gasteiger partial charge in [0.2, 0.25) is 0 Å². The van der Waals surface area contributed by atoms with E-state index >= 15 is 0 Å². The van der Waals surface area contributed by atoms with Crippen molar-refractivity contribution in [3.05, 3.63) is 0 Å². The molecule has 2 unspecified atom stereocenters. The van der Waals surface area contributed by atoms with Crippen LogP contribution in [-0.4, -0.2) is 35.1 Å². The van der Waals surface area contributed by atoms with Gasteiger partial charge in [-0.05, 0) is 19.4 Å². The minimum Gasteiger partial charge on any atom is -0.450 e. The zero-order valence-electron chi connectivity index (χ0n) is 8.41. The summed E-state index contributed by atoms with van der Waals surface area (Å²) in [6.45, 7) is 3.30. The molecule has 0 N–H and O–H groups in total. The average Bonchev–Trinajstić information content (AvgIpc) is 2.36. The minimum absolute atomic E-state index is 0.0558. The van der Waals surface area contributed by atoms with Gasteiger partial charge in [0.05, 0.1) is 0 Å². The molecule has 0 aromatic carbocycles. The van der Waals surface area contributed by atoms with Crippen LogP contribution in [0.2, 0.25) is 0 Å². The maximum atomic E-state index is 10.6. The standard InChI is InChI=1S/C10H16ClNO2/c1-2-12-7-3-4-8(12)6-9(5-7)14-10(11)13/h7-9H,2-6H2,1H3. The van der Waals surface area contributed by atoms with Gasteiger partial charge < -0.3 is 4.74 Å². The molecule has 0 saturated carbocycles. The smallest absolute Gasteiger partial charge is 0.404 e. The van der Waals surface area contributed by atoms with Crippen LogP contribution in [0, 0.1) is 0 Å². The highest BCUT2D eigenvalue weighted by Crippen LogP contribution is 2.36. The maximum Gasteiger partial charge on any atom is 0.404 e. The van der Waals surface area contributed by atoms with Crippen LogP contribution >= 0.6 is 11.6 Å². The molecule has 2 heterocycles. The molecule has 0 aromatic heterocycles. The van der Waals surface area contributed by atoms with Crippen molar-refractivity contribution in [2.75, 3.05) is 6.54 Å². The first-order valence-electron chi connectivity index (χ1n) is 5.32. The predicted octanol–water partition coefficient (Wildman–Crippen LogP) is 2.38. The van der Waals surface area contributed by atoms with E-state index in [0.717, 1.165) is 19.4 Å². The molecule has 14 heavy (non-hydrogen) atoms. The molecule has 0 spiro atoms. The van der Waals surface area contributed by atoms with Gasteiger partial charge in [0, 0.05) is 36.5 Å². The summed E-state index contributed by atoms with van der Waals surface area (Å²) in [6.07, 6.45) is 4.47. The number of ether oxygens (including phenoxy) is 1. The van der Waals surface area contributed by atoms with E-state index in [4.69, 9.17) is 16.3 Å². The molecule has 0 radical (unpaired) electrons. The maximum absolute atomic E-state index is 10.6. The number of piperidine rings is 1. The molecule has 2 aliphatic rings. The molecule has 0 aromatic rings. The molecular formula is C10H16ClNO2. The van der Waals surface area contributed by atoms with Gasteiger partial charge in [-0.15, -0.1) is 0 Å². The number of nitrogens with zero attached hydrogens (tertiary/aromatic N) is 1. The second-order valence-electron chi connectivity index (χ2n) is 4.16. The summed E-state index contributed by atoms with van der Waals surface area (Å²) in [6, 6.07) is 1.22. The van der Waals surface area contributed by atoms with Crippen molar-refractivity contribution in [2.24, 2.45) is 0 Å². The summed E-state index contributed by atoms with van der Waals surface area (Å²) in [7, 11) is 0. The van der Waals surface area contributed by atoms with Gasteiger partial charge in [-0.1, -0.05) is 6.92 Å². The summed E-state index contributed by atoms with van der Waals surface area (Å²) in [5.74, 6) is 0. The molecule has 2 fully saturated rings. The fraction of sp³-hybridized carbons (Fsp3) is 0.900. The SMILES string of the molecule is CCN1C2CCC1CC(OC(=O)Cl)C2. The zero-order chi connectivity index (χ0) is 10.1. The van der Waals surface area contributed by atoms with Crippen LogP contribution in [0.1, 0.15) is 32.6 Å². The molecule has 4 heteroatoms. The Balaban J connectivity index is 1.95. The molecule has 0 amide bonds. The van der Waals surface area contributed by atoms with E-state index in [1.807, 2.05) is 0 Å². The average molecular weight is 218 g/mol. The van der Waals surface area contributed by atoms with Crippen LogP contribution in [0.3, 0.4) is 0 Å². The van der Waals surface area contributed by atoms with Gasteiger partial charge >= 0.3 is 5.43 Å². The van der Waals surface area contributed by atoms with E-state index in [0.29, 0.717) is 12.1 Å². The molecule has 2 rings (SSSR count). The van der Waals surface area contributed by atoms with Crippen LogP contribution in [0.15, 0.2) is 0 Å². The molecule has 2 saturated heterocycles. The molecular weight excluding hydrogens is 202 g/mol. The zero-order valence-corrected chi connectivity index (χ0v) is 9.17. The van der Waals surface area contributed by atoms with E-state index in [1.165, 1.54) is 12.8 Å². The third-order valence-corrected chi connectivity index (χ3v) is 3.55. The van der Waals surface area contributed by atoms with Crippen LogP contribution in [-0.2, 0) is 4.74 Å². The van der Waals surface area contributed by atoms with Crippen molar-refractivity contribution in [2.45, 2.75) is 50.8 Å². The number of rotatable bonds is 2. The lowest BCUT2D eigenvalue weighted by atomic mass is 10.00. The van der Waals surface area contributed by atoms with Crippen LogP contribution in [0.25, 0.3) is 0 Å². The summed E-state index contributed by atoms with van der Waals surface area (Å²) >= 11 is 5.22. The number of hydrogen-bond acceptors (Lipinski definition) is 3. The Hall–Kier alpha value is -0.280. The normalized spacial score (nSPS) is 37.1. The van der Waals surface area contributed by atoms with Gasteiger partial charge in [-0.2, -0.15) is 0 Å². The lowest BCUT2D eigenvalue weighted by Crippen LogP contribution is -2.45. The molecule has 2 atom stereocenters. The third-order valence-electron chi connectivity index (χ3n) is 3.47. The van der Waals surface area contributed by atoms with Crippen molar-refractivity contribution in [1.82, 2.24) is 4.90 Å². The number of hydrogen-bond donors (Lipinski definition) is 0. The third kappa shape index (κ3) is 1.89. The molecule has 2 aliphatic heterocycles. The van der Waals surface area contributed by atoms with E-state index in [2.05, 4.69) is 11.8 Å². The van der Waals surface area contributed by atoms with Crippen molar-refractivity contribution in [3.63, 3.8) is 0 Å². The summed E-state index contributed by atoms with van der Waals surface area (Å²) < 4.78 is 5.06. The Morgan fingerprint density at radius 3 is 2.43 bits per heavy atom. The number of carbonyl (C=O) groups excluding carboxylic acids is 1. The quantitative estimate of drug-likeness (QED) is 0.666. The van der Waals surface area contributed by atoms with Crippen LogP contribution < -0.4 is 0 Å².